The van der Waals surface area contributed by atoms with Gasteiger partial charge in [-0.2, -0.15) is 0 Å². The van der Waals surface area contributed by atoms with Crippen LogP contribution in [-0.2, 0) is 0 Å². The van der Waals surface area contributed by atoms with Crippen LogP contribution in [0.5, 0.6) is 0 Å². The minimum Gasteiger partial charge on any atom is -0.326 e. The summed E-state index contributed by atoms with van der Waals surface area (Å²) in [6.07, 6.45) is 0. The van der Waals surface area contributed by atoms with Gasteiger partial charge in [0.05, 0.1) is 0 Å². The highest BCUT2D eigenvalue weighted by Gasteiger charge is 1.98. The van der Waals surface area contributed by atoms with Gasteiger partial charge in [0.25, 0.3) is 0 Å². The number of benzene rings is 3. The molecule has 104 valence electrons. The summed E-state index contributed by atoms with van der Waals surface area (Å²) in [6, 6.07) is 29.2. The van der Waals surface area contributed by atoms with Crippen LogP contribution in [0.4, 0.5) is 5.69 Å². The van der Waals surface area contributed by atoms with Crippen LogP contribution in [0.2, 0.25) is 0 Å². The van der Waals surface area contributed by atoms with Gasteiger partial charge in [0, 0.05) is 20.4 Å². The maximum atomic E-state index is 3.36. The summed E-state index contributed by atoms with van der Waals surface area (Å²) >= 11 is 3.40. The van der Waals surface area contributed by atoms with Crippen LogP contribution < -0.4 is 4.72 Å². The number of nitrogens with one attached hydrogen (secondary N) is 1. The van der Waals surface area contributed by atoms with Crippen LogP contribution in [0.3, 0.4) is 0 Å². The standard InChI is InChI=1S/C18H15NS2/c1-3-7-16(8-4-1)20-17-13-11-15(12-14-17)19-21-18-9-5-2-6-10-18/h1-14,19H. The van der Waals surface area contributed by atoms with Gasteiger partial charge >= 0.3 is 0 Å². The molecule has 0 unspecified atom stereocenters. The van der Waals surface area contributed by atoms with E-state index in [2.05, 4.69) is 65.4 Å². The Hall–Kier alpha value is -1.84. The van der Waals surface area contributed by atoms with Crippen LogP contribution in [0.1, 0.15) is 0 Å². The molecule has 3 rings (SSSR count). The highest BCUT2D eigenvalue weighted by atomic mass is 32.2. The lowest BCUT2D eigenvalue weighted by molar-refractivity contribution is 1.41. The zero-order chi connectivity index (χ0) is 14.3. The van der Waals surface area contributed by atoms with E-state index in [4.69, 9.17) is 0 Å². The number of hydrogen-bond donors (Lipinski definition) is 1. The van der Waals surface area contributed by atoms with E-state index in [0.717, 1.165) is 5.69 Å². The molecule has 3 aromatic carbocycles. The Bertz CT molecular complexity index is 667. The molecule has 1 nitrogen and oxygen atoms in total. The molecule has 0 bridgehead atoms. The van der Waals surface area contributed by atoms with Gasteiger partial charge < -0.3 is 4.72 Å². The van der Waals surface area contributed by atoms with Crippen molar-refractivity contribution in [1.29, 1.82) is 0 Å². The molecule has 1 N–H and O–H groups in total. The molecule has 0 fully saturated rings. The molecule has 0 aliphatic rings. The lowest BCUT2D eigenvalue weighted by Crippen LogP contribution is -1.86. The average molecular weight is 309 g/mol. The first-order valence-corrected chi connectivity index (χ1v) is 8.34. The van der Waals surface area contributed by atoms with E-state index < -0.39 is 0 Å². The van der Waals surface area contributed by atoms with Gasteiger partial charge in [0.2, 0.25) is 0 Å². The Balaban J connectivity index is 1.59. The maximum absolute atomic E-state index is 3.36. The predicted octanol–water partition coefficient (Wildman–Crippen LogP) is 5.96. The molecule has 0 atom stereocenters. The molecule has 0 aliphatic heterocycles. The van der Waals surface area contributed by atoms with Gasteiger partial charge in [-0.05, 0) is 60.5 Å². The normalized spacial score (nSPS) is 10.3. The highest BCUT2D eigenvalue weighted by Crippen LogP contribution is 2.29. The summed E-state index contributed by atoms with van der Waals surface area (Å²) in [7, 11) is 0. The van der Waals surface area contributed by atoms with Gasteiger partial charge in [0.15, 0.2) is 0 Å². The lowest BCUT2D eigenvalue weighted by Gasteiger charge is -2.06. The molecule has 0 aliphatic carbocycles. The van der Waals surface area contributed by atoms with Crippen LogP contribution in [0, 0.1) is 0 Å². The van der Waals surface area contributed by atoms with E-state index in [1.807, 2.05) is 24.3 Å². The van der Waals surface area contributed by atoms with Crippen LogP contribution in [0.15, 0.2) is 99.6 Å². The highest BCUT2D eigenvalue weighted by molar-refractivity contribution is 8.00. The Labute approximate surface area is 133 Å². The Morgan fingerprint density at radius 2 is 1.05 bits per heavy atom. The minimum absolute atomic E-state index is 1.11. The van der Waals surface area contributed by atoms with Crippen molar-refractivity contribution < 1.29 is 0 Å². The quantitative estimate of drug-likeness (QED) is 0.584. The van der Waals surface area contributed by atoms with Crippen LogP contribution in [0.25, 0.3) is 0 Å². The molecule has 0 spiro atoms. The Morgan fingerprint density at radius 3 is 1.67 bits per heavy atom. The third-order valence-electron chi connectivity index (χ3n) is 2.86. The second-order valence-corrected chi connectivity index (χ2v) is 6.48. The van der Waals surface area contributed by atoms with Crippen molar-refractivity contribution in [2.75, 3.05) is 4.72 Å². The third-order valence-corrected chi connectivity index (χ3v) is 4.72. The second kappa shape index (κ2) is 7.25. The zero-order valence-electron chi connectivity index (χ0n) is 11.4. The summed E-state index contributed by atoms with van der Waals surface area (Å²) in [5, 5.41) is 0. The fourth-order valence-corrected chi connectivity index (χ4v) is 3.32. The second-order valence-electron chi connectivity index (χ2n) is 4.46. The molecular formula is C18H15NS2. The van der Waals surface area contributed by atoms with Crippen molar-refractivity contribution in [3.8, 4) is 0 Å². The molecule has 21 heavy (non-hydrogen) atoms. The van der Waals surface area contributed by atoms with E-state index >= 15 is 0 Å². The minimum atomic E-state index is 1.11. The Kier molecular flexibility index (Phi) is 4.87. The molecule has 0 saturated heterocycles. The van der Waals surface area contributed by atoms with Crippen molar-refractivity contribution >= 4 is 29.4 Å². The van der Waals surface area contributed by atoms with Crippen molar-refractivity contribution in [3.63, 3.8) is 0 Å². The van der Waals surface area contributed by atoms with Crippen molar-refractivity contribution in [2.45, 2.75) is 14.7 Å². The molecule has 0 amide bonds. The summed E-state index contributed by atoms with van der Waals surface area (Å²) in [6.45, 7) is 0. The van der Waals surface area contributed by atoms with Crippen molar-refractivity contribution in [1.82, 2.24) is 0 Å². The summed E-state index contributed by atoms with van der Waals surface area (Å²) < 4.78 is 3.36. The molecular weight excluding hydrogens is 294 g/mol. The van der Waals surface area contributed by atoms with E-state index in [-0.39, 0.29) is 0 Å². The molecule has 3 heteroatoms. The SMILES string of the molecule is c1ccc(SNc2ccc(Sc3ccccc3)cc2)cc1. The van der Waals surface area contributed by atoms with Gasteiger partial charge in [-0.15, -0.1) is 0 Å². The van der Waals surface area contributed by atoms with E-state index in [1.165, 1.54) is 14.7 Å². The summed E-state index contributed by atoms with van der Waals surface area (Å²) in [5.41, 5.74) is 1.11. The molecule has 0 radical (unpaired) electrons. The van der Waals surface area contributed by atoms with Crippen molar-refractivity contribution in [3.05, 3.63) is 84.9 Å². The molecule has 0 saturated carbocycles. The summed E-state index contributed by atoms with van der Waals surface area (Å²) in [5.74, 6) is 0. The van der Waals surface area contributed by atoms with Gasteiger partial charge in [-0.25, -0.2) is 0 Å². The first kappa shape index (κ1) is 14.1. The molecule has 3 aromatic rings. The molecule has 0 heterocycles. The Morgan fingerprint density at radius 1 is 0.524 bits per heavy atom. The fraction of sp³-hybridized carbons (Fsp3) is 0. The van der Waals surface area contributed by atoms with E-state index in [9.17, 15) is 0 Å². The van der Waals surface area contributed by atoms with Crippen LogP contribution >= 0.6 is 23.7 Å². The van der Waals surface area contributed by atoms with Crippen LogP contribution in [-0.4, -0.2) is 0 Å². The summed E-state index contributed by atoms with van der Waals surface area (Å²) in [4.78, 5) is 3.72. The van der Waals surface area contributed by atoms with Crippen molar-refractivity contribution in [2.24, 2.45) is 0 Å². The largest absolute Gasteiger partial charge is 0.326 e. The molecule has 0 aromatic heterocycles. The number of anilines is 1. The maximum Gasteiger partial charge on any atom is 0.0443 e. The lowest BCUT2D eigenvalue weighted by atomic mass is 10.3. The number of rotatable bonds is 5. The zero-order valence-corrected chi connectivity index (χ0v) is 13.0. The smallest absolute Gasteiger partial charge is 0.0443 e. The fourth-order valence-electron chi connectivity index (χ4n) is 1.82. The van der Waals surface area contributed by atoms with Gasteiger partial charge in [-0.3, -0.25) is 0 Å². The van der Waals surface area contributed by atoms with E-state index in [1.54, 1.807) is 23.7 Å². The third kappa shape index (κ3) is 4.31. The van der Waals surface area contributed by atoms with Gasteiger partial charge in [0.1, 0.15) is 0 Å². The first-order chi connectivity index (χ1) is 10.4. The first-order valence-electron chi connectivity index (χ1n) is 6.71. The van der Waals surface area contributed by atoms with E-state index in [0.29, 0.717) is 0 Å². The predicted molar refractivity (Wildman–Crippen MR) is 92.9 cm³/mol. The number of hydrogen-bond acceptors (Lipinski definition) is 3. The monoisotopic (exact) mass is 309 g/mol. The average Bonchev–Trinajstić information content (AvgIpc) is 2.56. The topological polar surface area (TPSA) is 12.0 Å². The van der Waals surface area contributed by atoms with Gasteiger partial charge in [-0.1, -0.05) is 48.2 Å².